The Balaban J connectivity index is 1.79. The van der Waals surface area contributed by atoms with Gasteiger partial charge < -0.3 is 5.32 Å². The highest BCUT2D eigenvalue weighted by molar-refractivity contribution is 7.84. The second-order valence-corrected chi connectivity index (χ2v) is 6.29. The Kier molecular flexibility index (Phi) is 5.49. The zero-order chi connectivity index (χ0) is 14.4. The quantitative estimate of drug-likeness (QED) is 0.834. The van der Waals surface area contributed by atoms with Gasteiger partial charge in [-0.15, -0.1) is 0 Å². The van der Waals surface area contributed by atoms with E-state index in [4.69, 9.17) is 11.6 Å². The fraction of sp³-hybridized carbons (Fsp3) is 0.286. The van der Waals surface area contributed by atoms with Crippen LogP contribution in [-0.4, -0.2) is 26.5 Å². The molecule has 0 bridgehead atoms. The van der Waals surface area contributed by atoms with Crippen LogP contribution in [0.25, 0.3) is 0 Å². The van der Waals surface area contributed by atoms with Gasteiger partial charge in [-0.1, -0.05) is 41.9 Å². The van der Waals surface area contributed by atoms with Gasteiger partial charge in [0.25, 0.3) is 0 Å². The third kappa shape index (κ3) is 4.90. The fourth-order valence-corrected chi connectivity index (χ4v) is 3.01. The highest BCUT2D eigenvalue weighted by Gasteiger charge is 2.03. The number of benzene rings is 1. The van der Waals surface area contributed by atoms with Crippen LogP contribution < -0.4 is 5.32 Å². The standard InChI is InChI=1S/C14H16ClN3OS/c1-11-17-13(15)9-14(18-11)16-7-8-20(19)10-12-5-3-2-4-6-12/h2-6,9H,7-8,10H2,1H3,(H,16,17,18)/t20-/m0/s1. The molecule has 1 aromatic carbocycles. The molecule has 0 saturated heterocycles. The van der Waals surface area contributed by atoms with E-state index in [9.17, 15) is 4.21 Å². The molecule has 0 aliphatic rings. The van der Waals surface area contributed by atoms with Crippen LogP contribution in [0, 0.1) is 6.92 Å². The predicted octanol–water partition coefficient (Wildman–Crippen LogP) is 2.80. The van der Waals surface area contributed by atoms with Crippen molar-refractivity contribution in [3.05, 3.63) is 52.9 Å². The van der Waals surface area contributed by atoms with E-state index < -0.39 is 10.8 Å². The molecule has 4 nitrogen and oxygen atoms in total. The van der Waals surface area contributed by atoms with E-state index >= 15 is 0 Å². The maximum Gasteiger partial charge on any atom is 0.134 e. The number of rotatable bonds is 6. The molecule has 106 valence electrons. The van der Waals surface area contributed by atoms with Crippen molar-refractivity contribution in [2.24, 2.45) is 0 Å². The van der Waals surface area contributed by atoms with Crippen LogP contribution in [0.15, 0.2) is 36.4 Å². The number of hydrogen-bond donors (Lipinski definition) is 1. The molecule has 0 aliphatic carbocycles. The normalized spacial score (nSPS) is 12.1. The third-order valence-corrected chi connectivity index (χ3v) is 4.12. The summed E-state index contributed by atoms with van der Waals surface area (Å²) >= 11 is 5.85. The lowest BCUT2D eigenvalue weighted by molar-refractivity contribution is 0.682. The van der Waals surface area contributed by atoms with E-state index in [0.29, 0.717) is 34.8 Å². The zero-order valence-electron chi connectivity index (χ0n) is 11.2. The van der Waals surface area contributed by atoms with E-state index in [0.717, 1.165) is 5.56 Å². The van der Waals surface area contributed by atoms with Gasteiger partial charge >= 0.3 is 0 Å². The molecule has 0 radical (unpaired) electrons. The monoisotopic (exact) mass is 309 g/mol. The van der Waals surface area contributed by atoms with Crippen LogP contribution in [0.2, 0.25) is 5.15 Å². The van der Waals surface area contributed by atoms with Gasteiger partial charge in [0, 0.05) is 34.9 Å². The fourth-order valence-electron chi connectivity index (χ4n) is 1.75. The summed E-state index contributed by atoms with van der Waals surface area (Å²) in [5, 5.41) is 3.52. The average Bonchev–Trinajstić information content (AvgIpc) is 2.38. The summed E-state index contributed by atoms with van der Waals surface area (Å²) in [6.45, 7) is 2.37. The summed E-state index contributed by atoms with van der Waals surface area (Å²) in [5.41, 5.74) is 1.09. The van der Waals surface area contributed by atoms with E-state index in [2.05, 4.69) is 15.3 Å². The van der Waals surface area contributed by atoms with E-state index in [1.54, 1.807) is 13.0 Å². The molecule has 1 N–H and O–H groups in total. The lowest BCUT2D eigenvalue weighted by atomic mass is 10.2. The summed E-state index contributed by atoms with van der Waals surface area (Å²) in [4.78, 5) is 8.20. The molecule has 1 aromatic heterocycles. The lowest BCUT2D eigenvalue weighted by Gasteiger charge is -2.06. The lowest BCUT2D eigenvalue weighted by Crippen LogP contribution is -2.13. The molecule has 0 amide bonds. The molecule has 20 heavy (non-hydrogen) atoms. The molecular formula is C14H16ClN3OS. The van der Waals surface area contributed by atoms with Gasteiger partial charge in [-0.05, 0) is 12.5 Å². The van der Waals surface area contributed by atoms with Gasteiger partial charge in [-0.3, -0.25) is 4.21 Å². The van der Waals surface area contributed by atoms with Gasteiger partial charge in [0.15, 0.2) is 0 Å². The van der Waals surface area contributed by atoms with Gasteiger partial charge in [-0.2, -0.15) is 0 Å². The largest absolute Gasteiger partial charge is 0.369 e. The van der Waals surface area contributed by atoms with Crippen molar-refractivity contribution in [1.82, 2.24) is 9.97 Å². The molecule has 0 fully saturated rings. The number of nitrogens with zero attached hydrogens (tertiary/aromatic N) is 2. The van der Waals surface area contributed by atoms with Gasteiger partial charge in [0.05, 0.1) is 0 Å². The summed E-state index contributed by atoms with van der Waals surface area (Å²) in [5.74, 6) is 2.42. The Morgan fingerprint density at radius 1 is 1.25 bits per heavy atom. The van der Waals surface area contributed by atoms with Crippen molar-refractivity contribution in [1.29, 1.82) is 0 Å². The molecular weight excluding hydrogens is 294 g/mol. The summed E-state index contributed by atoms with van der Waals surface area (Å²) in [6.07, 6.45) is 0. The number of hydrogen-bond acceptors (Lipinski definition) is 4. The number of halogens is 1. The Labute approximate surface area is 126 Å². The maximum absolute atomic E-state index is 11.9. The van der Waals surface area contributed by atoms with Crippen LogP contribution in [0.4, 0.5) is 5.82 Å². The first-order valence-corrected chi connectivity index (χ1v) is 8.14. The van der Waals surface area contributed by atoms with Gasteiger partial charge in [0.1, 0.15) is 16.8 Å². The van der Waals surface area contributed by atoms with E-state index in [1.165, 1.54) is 0 Å². The smallest absolute Gasteiger partial charge is 0.134 e. The van der Waals surface area contributed by atoms with Crippen molar-refractivity contribution in [3.8, 4) is 0 Å². The Bertz CT molecular complexity index is 572. The maximum atomic E-state index is 11.9. The Morgan fingerprint density at radius 3 is 2.70 bits per heavy atom. The summed E-state index contributed by atoms with van der Waals surface area (Å²) < 4.78 is 11.9. The number of aryl methyl sites for hydroxylation is 1. The van der Waals surface area contributed by atoms with Crippen LogP contribution in [-0.2, 0) is 16.6 Å². The first-order chi connectivity index (χ1) is 9.63. The van der Waals surface area contributed by atoms with Crippen LogP contribution in [0.3, 0.4) is 0 Å². The molecule has 6 heteroatoms. The minimum absolute atomic E-state index is 0.408. The van der Waals surface area contributed by atoms with E-state index in [-0.39, 0.29) is 0 Å². The number of aromatic nitrogens is 2. The minimum atomic E-state index is -0.894. The highest BCUT2D eigenvalue weighted by Crippen LogP contribution is 2.10. The molecule has 0 saturated carbocycles. The third-order valence-electron chi connectivity index (χ3n) is 2.61. The van der Waals surface area contributed by atoms with Crippen molar-refractivity contribution in [2.75, 3.05) is 17.6 Å². The Hall–Kier alpha value is -1.46. The van der Waals surface area contributed by atoms with Crippen LogP contribution in [0.1, 0.15) is 11.4 Å². The van der Waals surface area contributed by atoms with Gasteiger partial charge in [0.2, 0.25) is 0 Å². The van der Waals surface area contributed by atoms with Crippen molar-refractivity contribution in [2.45, 2.75) is 12.7 Å². The van der Waals surface area contributed by atoms with Crippen molar-refractivity contribution < 1.29 is 4.21 Å². The second-order valence-electron chi connectivity index (χ2n) is 4.32. The number of anilines is 1. The molecule has 0 spiro atoms. The summed E-state index contributed by atoms with van der Waals surface area (Å²) in [6, 6.07) is 11.5. The molecule has 0 aliphatic heterocycles. The van der Waals surface area contributed by atoms with Crippen LogP contribution >= 0.6 is 11.6 Å². The molecule has 1 heterocycles. The molecule has 0 unspecified atom stereocenters. The summed E-state index contributed by atoms with van der Waals surface area (Å²) in [7, 11) is -0.894. The second kappa shape index (κ2) is 7.36. The number of nitrogens with one attached hydrogen (secondary N) is 1. The van der Waals surface area contributed by atoms with Crippen molar-refractivity contribution >= 4 is 28.2 Å². The van der Waals surface area contributed by atoms with Crippen molar-refractivity contribution in [3.63, 3.8) is 0 Å². The molecule has 2 rings (SSSR count). The highest BCUT2D eigenvalue weighted by atomic mass is 35.5. The van der Waals surface area contributed by atoms with E-state index in [1.807, 2.05) is 30.3 Å². The first-order valence-electron chi connectivity index (χ1n) is 6.27. The Morgan fingerprint density at radius 2 is 2.00 bits per heavy atom. The zero-order valence-corrected chi connectivity index (χ0v) is 12.7. The SMILES string of the molecule is Cc1nc(Cl)cc(NCC[S@](=O)Cc2ccccc2)n1. The van der Waals surface area contributed by atoms with Crippen LogP contribution in [0.5, 0.6) is 0 Å². The topological polar surface area (TPSA) is 54.9 Å². The average molecular weight is 310 g/mol. The molecule has 1 atom stereocenters. The molecule has 2 aromatic rings. The minimum Gasteiger partial charge on any atom is -0.369 e. The first kappa shape index (κ1) is 14.9. The van der Waals surface area contributed by atoms with Gasteiger partial charge in [-0.25, -0.2) is 9.97 Å². The predicted molar refractivity (Wildman–Crippen MR) is 83.4 cm³/mol.